The second-order valence-electron chi connectivity index (χ2n) is 14.6. The fraction of sp³-hybridized carbons (Fsp3) is 0.111. The number of hydrogen-bond acceptors (Lipinski definition) is 3. The molecule has 0 spiro atoms. The summed E-state index contributed by atoms with van der Waals surface area (Å²) in [5.74, 6) is 0. The van der Waals surface area contributed by atoms with Gasteiger partial charge in [-0.15, -0.1) is 11.3 Å². The Hall–Kier alpha value is -6.42. The third-order valence-corrected chi connectivity index (χ3v) is 12.0. The van der Waals surface area contributed by atoms with Crippen molar-refractivity contribution < 1.29 is 0 Å². The first kappa shape index (κ1) is 37.5. The maximum atomic E-state index is 8.13. The first-order chi connectivity index (χ1) is 28.1. The van der Waals surface area contributed by atoms with Crippen molar-refractivity contribution in [1.29, 1.82) is 5.41 Å². The minimum atomic E-state index is 0.701. The van der Waals surface area contributed by atoms with Crippen LogP contribution in [-0.4, -0.2) is 12.9 Å². The van der Waals surface area contributed by atoms with Gasteiger partial charge in [0.05, 0.1) is 6.54 Å². The molecule has 0 saturated carbocycles. The number of nitrogens with one attached hydrogen (secondary N) is 1. The van der Waals surface area contributed by atoms with Gasteiger partial charge in [-0.1, -0.05) is 163 Å². The number of hydrogen-bond donors (Lipinski definition) is 1. The summed E-state index contributed by atoms with van der Waals surface area (Å²) in [6.07, 6.45) is 17.4. The van der Waals surface area contributed by atoms with Crippen LogP contribution in [0, 0.1) is 5.41 Å². The van der Waals surface area contributed by atoms with E-state index in [1.54, 1.807) is 0 Å². The molecular weight excluding hydrogens is 709 g/mol. The number of thiophene rings is 1. The summed E-state index contributed by atoms with van der Waals surface area (Å²) in [4.78, 5) is 3.94. The van der Waals surface area contributed by atoms with Crippen molar-refractivity contribution in [3.8, 4) is 33.4 Å². The zero-order valence-corrected chi connectivity index (χ0v) is 33.2. The van der Waals surface area contributed by atoms with Crippen molar-refractivity contribution in [3.05, 3.63) is 198 Å². The number of rotatable bonds is 6. The number of benzene rings is 7. The molecule has 10 rings (SSSR count). The molecule has 0 amide bonds. The average Bonchev–Trinajstić information content (AvgIpc) is 3.67. The van der Waals surface area contributed by atoms with Gasteiger partial charge in [-0.25, -0.2) is 0 Å². The molecule has 7 aromatic carbocycles. The van der Waals surface area contributed by atoms with E-state index in [4.69, 9.17) is 5.41 Å². The maximum Gasteiger partial charge on any atom is 0.0632 e. The van der Waals surface area contributed by atoms with Crippen molar-refractivity contribution >= 4 is 61.3 Å². The van der Waals surface area contributed by atoms with Gasteiger partial charge in [0.15, 0.2) is 0 Å². The molecule has 1 aromatic heterocycles. The van der Waals surface area contributed by atoms with E-state index in [9.17, 15) is 0 Å². The van der Waals surface area contributed by atoms with Crippen LogP contribution < -0.4 is 0 Å². The Morgan fingerprint density at radius 2 is 1.33 bits per heavy atom. The quantitative estimate of drug-likeness (QED) is 0.164. The highest BCUT2D eigenvalue weighted by Crippen LogP contribution is 2.46. The smallest absolute Gasteiger partial charge is 0.0632 e. The van der Waals surface area contributed by atoms with Crippen LogP contribution in [0.1, 0.15) is 48.4 Å². The van der Waals surface area contributed by atoms with Crippen LogP contribution in [0.5, 0.6) is 0 Å². The lowest BCUT2D eigenvalue weighted by molar-refractivity contribution is 0.997. The lowest BCUT2D eigenvalue weighted by Gasteiger charge is -2.14. The van der Waals surface area contributed by atoms with Gasteiger partial charge in [0.2, 0.25) is 0 Å². The Bertz CT molecular complexity index is 2790. The molecule has 3 heteroatoms. The fourth-order valence-electron chi connectivity index (χ4n) is 7.91. The van der Waals surface area contributed by atoms with E-state index in [-0.39, 0.29) is 0 Å². The largest absolute Gasteiger partial charge is 0.308 e. The minimum Gasteiger partial charge on any atom is -0.308 e. The van der Waals surface area contributed by atoms with Crippen molar-refractivity contribution in [2.24, 2.45) is 4.99 Å². The molecule has 0 bridgehead atoms. The SMILES string of the molecule is C=NCc1ccc2c3c(ccc2c1)C=CCC3.CC1=CCCC=C1.N=Cc1ccc(-c2ccccc2)c2sc3c(-c4ccccc4)cc(-c4ccccc4)cc3c12. The first-order valence-corrected chi connectivity index (χ1v) is 20.6. The molecule has 2 aliphatic rings. The summed E-state index contributed by atoms with van der Waals surface area (Å²) in [6.45, 7) is 6.38. The van der Waals surface area contributed by atoms with Crippen LogP contribution in [0.3, 0.4) is 0 Å². The van der Waals surface area contributed by atoms with E-state index in [1.807, 2.05) is 11.3 Å². The third-order valence-electron chi connectivity index (χ3n) is 10.7. The number of aliphatic imine (C=N–C) groups is 1. The molecule has 2 nitrogen and oxygen atoms in total. The molecule has 278 valence electrons. The molecule has 0 unspecified atom stereocenters. The summed E-state index contributed by atoms with van der Waals surface area (Å²) in [6, 6.07) is 51.6. The van der Waals surface area contributed by atoms with E-state index >= 15 is 0 Å². The predicted molar refractivity (Wildman–Crippen MR) is 250 cm³/mol. The monoisotopic (exact) mass is 754 g/mol. The highest BCUT2D eigenvalue weighted by Gasteiger charge is 2.18. The highest BCUT2D eigenvalue weighted by atomic mass is 32.1. The molecule has 1 heterocycles. The van der Waals surface area contributed by atoms with Gasteiger partial charge in [0.1, 0.15) is 0 Å². The number of fused-ring (bicyclic) bond motifs is 6. The van der Waals surface area contributed by atoms with E-state index in [2.05, 4.69) is 195 Å². The number of allylic oxidation sites excluding steroid dienone is 5. The van der Waals surface area contributed by atoms with Gasteiger partial charge in [0, 0.05) is 37.5 Å². The summed E-state index contributed by atoms with van der Waals surface area (Å²) in [5.41, 5.74) is 13.7. The van der Waals surface area contributed by atoms with Crippen LogP contribution in [0.25, 0.3) is 70.4 Å². The second kappa shape index (κ2) is 17.6. The zero-order valence-electron chi connectivity index (χ0n) is 32.4. The van der Waals surface area contributed by atoms with Crippen LogP contribution in [0.15, 0.2) is 180 Å². The standard InChI is InChI=1S/C31H21NS.C16H15N.C7H10/c32-20-24-16-17-26(22-12-6-2-7-13-22)31-29(24)28-19-25(21-10-4-1-5-11-21)18-27(30(28)33-31)23-14-8-3-9-15-23;1-17-11-12-6-9-16-14(10-12)8-7-13-4-2-3-5-15(13)16;1-7-5-3-2-4-6-7/h1-20,32H;2,4,6-10H,1,3,5,11H2;3,5-6H,2,4H2,1H3. The molecule has 0 saturated heterocycles. The van der Waals surface area contributed by atoms with Crippen LogP contribution in [0.4, 0.5) is 0 Å². The van der Waals surface area contributed by atoms with Gasteiger partial charge in [-0.2, -0.15) is 0 Å². The second-order valence-corrected chi connectivity index (χ2v) is 15.6. The van der Waals surface area contributed by atoms with Crippen LogP contribution in [-0.2, 0) is 13.0 Å². The van der Waals surface area contributed by atoms with Gasteiger partial charge in [0.25, 0.3) is 0 Å². The number of aryl methyl sites for hydroxylation is 1. The Labute approximate surface area is 340 Å². The van der Waals surface area contributed by atoms with Crippen molar-refractivity contribution in [2.45, 2.75) is 39.2 Å². The fourth-order valence-corrected chi connectivity index (χ4v) is 9.30. The van der Waals surface area contributed by atoms with Gasteiger partial charge >= 0.3 is 0 Å². The minimum absolute atomic E-state index is 0.701. The van der Waals surface area contributed by atoms with Crippen molar-refractivity contribution in [2.75, 3.05) is 0 Å². The molecule has 1 N–H and O–H groups in total. The zero-order chi connectivity index (χ0) is 39.0. The molecule has 0 radical (unpaired) electrons. The summed E-state index contributed by atoms with van der Waals surface area (Å²) in [7, 11) is 0. The molecule has 2 aliphatic carbocycles. The Balaban J connectivity index is 0.000000156. The predicted octanol–water partition coefficient (Wildman–Crippen LogP) is 15.3. The summed E-state index contributed by atoms with van der Waals surface area (Å²) < 4.78 is 2.50. The Morgan fingerprint density at radius 1 is 0.632 bits per heavy atom. The van der Waals surface area contributed by atoms with Gasteiger partial charge in [-0.05, 0) is 113 Å². The van der Waals surface area contributed by atoms with Crippen LogP contribution in [0.2, 0.25) is 0 Å². The van der Waals surface area contributed by atoms with Gasteiger partial charge in [-0.3, -0.25) is 4.99 Å². The van der Waals surface area contributed by atoms with Gasteiger partial charge < -0.3 is 5.41 Å². The topological polar surface area (TPSA) is 36.2 Å². The normalized spacial score (nSPS) is 12.9. The lowest BCUT2D eigenvalue weighted by atomic mass is 9.91. The number of nitrogens with zero attached hydrogens (tertiary/aromatic N) is 1. The molecule has 0 aliphatic heterocycles. The van der Waals surface area contributed by atoms with E-state index in [1.165, 1.54) is 106 Å². The van der Waals surface area contributed by atoms with Crippen LogP contribution >= 0.6 is 11.3 Å². The molecule has 0 atom stereocenters. The summed E-state index contributed by atoms with van der Waals surface area (Å²) in [5, 5.41) is 13.2. The Morgan fingerprint density at radius 3 is 1.98 bits per heavy atom. The van der Waals surface area contributed by atoms with E-state index in [0.717, 1.165) is 18.4 Å². The highest BCUT2D eigenvalue weighted by molar-refractivity contribution is 7.27. The van der Waals surface area contributed by atoms with Crippen molar-refractivity contribution in [3.63, 3.8) is 0 Å². The van der Waals surface area contributed by atoms with E-state index < -0.39 is 0 Å². The molecule has 0 fully saturated rings. The third kappa shape index (κ3) is 8.26. The lowest BCUT2D eigenvalue weighted by Crippen LogP contribution is -1.95. The van der Waals surface area contributed by atoms with E-state index in [0.29, 0.717) is 6.54 Å². The molecule has 8 aromatic rings. The Kier molecular flexibility index (Phi) is 11.6. The maximum absolute atomic E-state index is 8.13. The molecular formula is C54H46N2S. The summed E-state index contributed by atoms with van der Waals surface area (Å²) >= 11 is 1.83. The molecule has 57 heavy (non-hydrogen) atoms. The average molecular weight is 755 g/mol. The van der Waals surface area contributed by atoms with Crippen molar-refractivity contribution in [1.82, 2.24) is 0 Å². The first-order valence-electron chi connectivity index (χ1n) is 19.8.